The number of amides is 2. The van der Waals surface area contributed by atoms with Gasteiger partial charge in [0.2, 0.25) is 11.8 Å². The van der Waals surface area contributed by atoms with E-state index in [2.05, 4.69) is 0 Å². The second kappa shape index (κ2) is 8.51. The van der Waals surface area contributed by atoms with Crippen LogP contribution >= 0.6 is 11.6 Å². The second-order valence-electron chi connectivity index (χ2n) is 6.97. The van der Waals surface area contributed by atoms with E-state index < -0.39 is 5.97 Å². The van der Waals surface area contributed by atoms with E-state index in [1.165, 1.54) is 0 Å². The maximum absolute atomic E-state index is 12.7. The molecule has 1 fully saturated rings. The fourth-order valence-electron chi connectivity index (χ4n) is 3.37. The zero-order valence-electron chi connectivity index (χ0n) is 16.0. The van der Waals surface area contributed by atoms with Crippen molar-refractivity contribution in [2.75, 3.05) is 4.90 Å². The van der Waals surface area contributed by atoms with E-state index in [0.29, 0.717) is 28.4 Å². The molecular formula is C24H18ClNO4. The molecule has 0 spiro atoms. The maximum Gasteiger partial charge on any atom is 0.343 e. The third-order valence-corrected chi connectivity index (χ3v) is 5.11. The highest BCUT2D eigenvalue weighted by molar-refractivity contribution is 6.30. The number of anilines is 1. The smallest absolute Gasteiger partial charge is 0.343 e. The molecule has 1 saturated heterocycles. The van der Waals surface area contributed by atoms with E-state index in [9.17, 15) is 14.4 Å². The van der Waals surface area contributed by atoms with Crippen LogP contribution in [0.2, 0.25) is 5.02 Å². The van der Waals surface area contributed by atoms with Gasteiger partial charge in [-0.2, -0.15) is 0 Å². The maximum atomic E-state index is 12.7. The zero-order valence-corrected chi connectivity index (χ0v) is 16.8. The molecule has 1 aliphatic heterocycles. The first kappa shape index (κ1) is 19.9. The van der Waals surface area contributed by atoms with Crippen LogP contribution in [-0.2, 0) is 16.0 Å². The van der Waals surface area contributed by atoms with Crippen LogP contribution < -0.4 is 9.64 Å². The first-order chi connectivity index (χ1) is 14.5. The molecule has 0 aromatic heterocycles. The van der Waals surface area contributed by atoms with E-state index in [1.807, 2.05) is 30.3 Å². The molecule has 1 aliphatic rings. The Kier molecular flexibility index (Phi) is 5.63. The van der Waals surface area contributed by atoms with E-state index in [1.54, 1.807) is 42.5 Å². The molecule has 0 aliphatic carbocycles. The number of carbonyl (C=O) groups is 3. The van der Waals surface area contributed by atoms with E-state index in [0.717, 1.165) is 16.0 Å². The van der Waals surface area contributed by atoms with Crippen LogP contribution in [0, 0.1) is 0 Å². The highest BCUT2D eigenvalue weighted by Gasteiger charge is 2.30. The number of rotatable bonds is 5. The number of ether oxygens (including phenoxy) is 1. The molecule has 6 heteroatoms. The van der Waals surface area contributed by atoms with Crippen LogP contribution in [0.15, 0.2) is 72.8 Å². The molecular weight excluding hydrogens is 402 g/mol. The van der Waals surface area contributed by atoms with E-state index in [-0.39, 0.29) is 24.7 Å². The third kappa shape index (κ3) is 4.26. The molecule has 1 heterocycles. The first-order valence-corrected chi connectivity index (χ1v) is 9.89. The van der Waals surface area contributed by atoms with Crippen molar-refractivity contribution in [1.29, 1.82) is 0 Å². The highest BCUT2D eigenvalue weighted by Crippen LogP contribution is 2.27. The third-order valence-electron chi connectivity index (χ3n) is 4.88. The lowest BCUT2D eigenvalue weighted by Crippen LogP contribution is -2.28. The molecule has 0 atom stereocenters. The van der Waals surface area contributed by atoms with Crippen LogP contribution in [0.5, 0.6) is 5.75 Å². The quantitative estimate of drug-likeness (QED) is 0.338. The van der Waals surface area contributed by atoms with Gasteiger partial charge in [-0.1, -0.05) is 41.9 Å². The fourth-order valence-corrected chi connectivity index (χ4v) is 3.57. The topological polar surface area (TPSA) is 63.7 Å². The minimum absolute atomic E-state index is 0.212. The Hall–Kier alpha value is -3.44. The zero-order chi connectivity index (χ0) is 21.1. The van der Waals surface area contributed by atoms with Gasteiger partial charge < -0.3 is 4.74 Å². The highest BCUT2D eigenvalue weighted by atomic mass is 35.5. The van der Waals surface area contributed by atoms with Gasteiger partial charge in [0.25, 0.3) is 0 Å². The van der Waals surface area contributed by atoms with Crippen molar-refractivity contribution in [3.63, 3.8) is 0 Å². The summed E-state index contributed by atoms with van der Waals surface area (Å²) in [5, 5.41) is 0.560. The first-order valence-electron chi connectivity index (χ1n) is 9.51. The minimum Gasteiger partial charge on any atom is -0.423 e. The summed E-state index contributed by atoms with van der Waals surface area (Å²) in [6.45, 7) is 0. The molecule has 4 rings (SSSR count). The lowest BCUT2D eigenvalue weighted by molar-refractivity contribution is -0.121. The Morgan fingerprint density at radius 1 is 0.900 bits per heavy atom. The van der Waals surface area contributed by atoms with Gasteiger partial charge in [-0.15, -0.1) is 0 Å². The number of benzene rings is 3. The molecule has 0 saturated carbocycles. The average molecular weight is 420 g/mol. The van der Waals surface area contributed by atoms with Gasteiger partial charge in [-0.05, 0) is 48.0 Å². The van der Waals surface area contributed by atoms with Gasteiger partial charge >= 0.3 is 5.97 Å². The normalized spacial score (nSPS) is 13.6. The summed E-state index contributed by atoms with van der Waals surface area (Å²) in [6, 6.07) is 21.2. The number of carbonyl (C=O) groups excluding carboxylic acids is 3. The van der Waals surface area contributed by atoms with Crippen molar-refractivity contribution in [2.45, 2.75) is 19.3 Å². The van der Waals surface area contributed by atoms with Crippen LogP contribution in [-0.4, -0.2) is 17.8 Å². The van der Waals surface area contributed by atoms with Gasteiger partial charge in [0.05, 0.1) is 11.3 Å². The van der Waals surface area contributed by atoms with Gasteiger partial charge in [0.1, 0.15) is 5.75 Å². The van der Waals surface area contributed by atoms with Crippen molar-refractivity contribution in [3.05, 3.63) is 94.5 Å². The Balaban J connectivity index is 1.53. The van der Waals surface area contributed by atoms with Crippen LogP contribution in [0.25, 0.3) is 0 Å². The molecule has 2 amide bonds. The molecule has 0 radical (unpaired) electrons. The summed E-state index contributed by atoms with van der Waals surface area (Å²) in [5.41, 5.74) is 2.64. The number of halogens is 1. The number of nitrogens with zero attached hydrogens (tertiary/aromatic N) is 1. The standard InChI is InChI=1S/C24H18ClNO4/c25-19-8-11-21(18(15-19)14-16-4-2-1-3-5-16)30-24(29)17-6-9-20(10-7-17)26-22(27)12-13-23(26)28/h1-11,15H,12-14H2. The second-order valence-corrected chi connectivity index (χ2v) is 7.41. The molecule has 0 N–H and O–H groups in total. The summed E-state index contributed by atoms with van der Waals surface area (Å²) in [6.07, 6.45) is 0.995. The Morgan fingerprint density at radius 2 is 1.57 bits per heavy atom. The van der Waals surface area contributed by atoms with Crippen molar-refractivity contribution >= 4 is 35.1 Å². The number of esters is 1. The Morgan fingerprint density at radius 3 is 2.23 bits per heavy atom. The van der Waals surface area contributed by atoms with Gasteiger partial charge in [-0.3, -0.25) is 14.5 Å². The van der Waals surface area contributed by atoms with E-state index >= 15 is 0 Å². The molecule has 3 aromatic carbocycles. The summed E-state index contributed by atoms with van der Waals surface area (Å²) >= 11 is 6.14. The predicted octanol–water partition coefficient (Wildman–Crippen LogP) is 4.80. The minimum atomic E-state index is -0.530. The lowest BCUT2D eigenvalue weighted by Gasteiger charge is -2.14. The molecule has 3 aromatic rings. The molecule has 0 bridgehead atoms. The average Bonchev–Trinajstić information content (AvgIpc) is 3.09. The molecule has 5 nitrogen and oxygen atoms in total. The monoisotopic (exact) mass is 419 g/mol. The number of hydrogen-bond donors (Lipinski definition) is 0. The molecule has 150 valence electrons. The predicted molar refractivity (Wildman–Crippen MR) is 114 cm³/mol. The summed E-state index contributed by atoms with van der Waals surface area (Å²) in [7, 11) is 0. The van der Waals surface area contributed by atoms with Gasteiger partial charge in [0, 0.05) is 29.8 Å². The number of hydrogen-bond acceptors (Lipinski definition) is 4. The molecule has 30 heavy (non-hydrogen) atoms. The van der Waals surface area contributed by atoms with Crippen LogP contribution in [0.4, 0.5) is 5.69 Å². The van der Waals surface area contributed by atoms with Crippen molar-refractivity contribution in [1.82, 2.24) is 0 Å². The van der Waals surface area contributed by atoms with Crippen molar-refractivity contribution < 1.29 is 19.1 Å². The SMILES string of the molecule is O=C(Oc1ccc(Cl)cc1Cc1ccccc1)c1ccc(N2C(=O)CCC2=O)cc1. The lowest BCUT2D eigenvalue weighted by atomic mass is 10.0. The summed E-state index contributed by atoms with van der Waals surface area (Å²) in [5.74, 6) is -0.566. The van der Waals surface area contributed by atoms with Crippen molar-refractivity contribution in [3.8, 4) is 5.75 Å². The van der Waals surface area contributed by atoms with Crippen LogP contribution in [0.3, 0.4) is 0 Å². The molecule has 0 unspecified atom stereocenters. The largest absolute Gasteiger partial charge is 0.423 e. The summed E-state index contributed by atoms with van der Waals surface area (Å²) in [4.78, 5) is 37.5. The van der Waals surface area contributed by atoms with Crippen molar-refractivity contribution in [2.24, 2.45) is 0 Å². The van der Waals surface area contributed by atoms with Gasteiger partial charge in [0.15, 0.2) is 0 Å². The van der Waals surface area contributed by atoms with E-state index in [4.69, 9.17) is 16.3 Å². The van der Waals surface area contributed by atoms with Gasteiger partial charge in [-0.25, -0.2) is 4.79 Å². The van der Waals surface area contributed by atoms with Crippen LogP contribution in [0.1, 0.15) is 34.3 Å². The summed E-state index contributed by atoms with van der Waals surface area (Å²) < 4.78 is 5.62. The Bertz CT molecular complexity index is 1090. The fraction of sp³-hybridized carbons (Fsp3) is 0.125. The number of imide groups is 1. The Labute approximate surface area is 178 Å².